The number of nitro benzene ring substituents is 1. The predicted molar refractivity (Wildman–Crippen MR) is 65.3 cm³/mol. The van der Waals surface area contributed by atoms with Gasteiger partial charge in [0.15, 0.2) is 0 Å². The van der Waals surface area contributed by atoms with Gasteiger partial charge in [-0.1, -0.05) is 0 Å². The van der Waals surface area contributed by atoms with E-state index >= 15 is 0 Å². The summed E-state index contributed by atoms with van der Waals surface area (Å²) < 4.78 is 8.99. The Morgan fingerprint density at radius 3 is 2.44 bits per heavy atom. The Morgan fingerprint density at radius 2 is 2.11 bits per heavy atom. The van der Waals surface area contributed by atoms with E-state index in [-0.39, 0.29) is 5.69 Å². The van der Waals surface area contributed by atoms with Gasteiger partial charge in [-0.25, -0.2) is 4.79 Å². The van der Waals surface area contributed by atoms with Crippen LogP contribution in [0.15, 0.2) is 18.2 Å². The van der Waals surface area contributed by atoms with Gasteiger partial charge in [-0.3, -0.25) is 10.1 Å². The number of nitrogen functional groups attached to an aromatic ring is 1. The number of hydrogen-bond acceptors (Lipinski definition) is 6. The van der Waals surface area contributed by atoms with Gasteiger partial charge in [0.05, 0.1) is 30.4 Å². The summed E-state index contributed by atoms with van der Waals surface area (Å²) in [5.41, 5.74) is 10.4. The first-order chi connectivity index (χ1) is 8.42. The van der Waals surface area contributed by atoms with E-state index in [4.69, 9.17) is 10.5 Å². The van der Waals surface area contributed by atoms with Crippen LogP contribution >= 0.6 is 0 Å². The number of methoxy groups -OCH3 is 1. The minimum atomic E-state index is -0.711. The van der Waals surface area contributed by atoms with Crippen LogP contribution in [-0.4, -0.2) is 24.7 Å². The van der Waals surface area contributed by atoms with Gasteiger partial charge >= 0.3 is 6.09 Å². The predicted octanol–water partition coefficient (Wildman–Crippen LogP) is 1.29. The Morgan fingerprint density at radius 1 is 1.50 bits per heavy atom. The van der Waals surface area contributed by atoms with Gasteiger partial charge < -0.3 is 20.9 Å². The number of nitrogens with zero attached hydrogens (tertiary/aromatic N) is 1. The highest BCUT2D eigenvalue weighted by Crippen LogP contribution is 2.25. The summed E-state index contributed by atoms with van der Waals surface area (Å²) in [5.74, 6) is 0.323. The zero-order valence-corrected chi connectivity index (χ0v) is 10.1. The van der Waals surface area contributed by atoms with E-state index in [1.807, 2.05) is 0 Å². The summed E-state index contributed by atoms with van der Waals surface area (Å²) in [6.07, 6.45) is -0.711. The van der Waals surface area contributed by atoms with Gasteiger partial charge in [-0.15, -0.1) is 0 Å². The van der Waals surface area contributed by atoms with Crippen molar-refractivity contribution in [2.24, 2.45) is 5.73 Å². The minimum Gasteiger partial charge on any atom is -0.494 e. The molecule has 0 radical (unpaired) electrons. The molecule has 0 spiro atoms. The number of rotatable bonds is 3. The lowest BCUT2D eigenvalue weighted by Gasteiger charge is -2.02. The molecule has 100 valence electrons. The van der Waals surface area contributed by atoms with Crippen LogP contribution in [0, 0.1) is 10.1 Å². The molecule has 1 aromatic carbocycles. The van der Waals surface area contributed by atoms with Crippen molar-refractivity contribution in [2.45, 2.75) is 6.92 Å². The largest absolute Gasteiger partial charge is 0.494 e. The molecule has 1 aromatic rings. The fourth-order valence-electron chi connectivity index (χ4n) is 0.956. The summed E-state index contributed by atoms with van der Waals surface area (Å²) in [7, 11) is 1.41. The van der Waals surface area contributed by atoms with Gasteiger partial charge in [0, 0.05) is 6.07 Å². The second-order valence-corrected chi connectivity index (χ2v) is 2.94. The van der Waals surface area contributed by atoms with Crippen molar-refractivity contribution in [1.29, 1.82) is 0 Å². The third-order valence-corrected chi connectivity index (χ3v) is 1.71. The molecule has 0 saturated carbocycles. The summed E-state index contributed by atoms with van der Waals surface area (Å²) in [6.45, 7) is 2.06. The number of ether oxygens (including phenoxy) is 2. The van der Waals surface area contributed by atoms with E-state index in [0.29, 0.717) is 18.0 Å². The molecular weight excluding hydrogens is 242 g/mol. The lowest BCUT2D eigenvalue weighted by Crippen LogP contribution is -2.11. The summed E-state index contributed by atoms with van der Waals surface area (Å²) in [6, 6.07) is 4.06. The van der Waals surface area contributed by atoms with E-state index in [0.717, 1.165) is 0 Å². The Hall–Kier alpha value is -2.51. The van der Waals surface area contributed by atoms with Crippen LogP contribution in [0.4, 0.5) is 16.2 Å². The SMILES string of the molecule is CCOC(N)=O.COc1cc([N+](=O)[O-])ccc1N. The van der Waals surface area contributed by atoms with Crippen molar-refractivity contribution in [3.05, 3.63) is 28.3 Å². The van der Waals surface area contributed by atoms with E-state index in [2.05, 4.69) is 10.5 Å². The van der Waals surface area contributed by atoms with Crippen LogP contribution in [-0.2, 0) is 4.74 Å². The topological polar surface area (TPSA) is 131 Å². The Bertz CT molecular complexity index is 422. The molecule has 0 aliphatic rings. The van der Waals surface area contributed by atoms with E-state index < -0.39 is 11.0 Å². The standard InChI is InChI=1S/C7H8N2O3.C3H7NO2/c1-12-7-4-5(9(10)11)2-3-6(7)8;1-2-6-3(4)5/h2-4H,8H2,1H3;2H2,1H3,(H2,4,5). The minimum absolute atomic E-state index is 0.0268. The highest BCUT2D eigenvalue weighted by atomic mass is 16.6. The first-order valence-corrected chi connectivity index (χ1v) is 4.92. The third-order valence-electron chi connectivity index (χ3n) is 1.71. The number of amides is 1. The maximum atomic E-state index is 10.3. The molecule has 8 nitrogen and oxygen atoms in total. The molecule has 0 atom stereocenters. The van der Waals surface area contributed by atoms with Gasteiger partial charge in [-0.2, -0.15) is 0 Å². The molecule has 4 N–H and O–H groups in total. The molecule has 18 heavy (non-hydrogen) atoms. The number of carbonyl (C=O) groups excluding carboxylic acids is 1. The maximum Gasteiger partial charge on any atom is 0.404 e. The highest BCUT2D eigenvalue weighted by Gasteiger charge is 2.08. The molecule has 0 aliphatic heterocycles. The lowest BCUT2D eigenvalue weighted by atomic mass is 10.2. The van der Waals surface area contributed by atoms with Crippen molar-refractivity contribution < 1.29 is 19.2 Å². The Labute approximate surface area is 104 Å². The second kappa shape index (κ2) is 7.71. The van der Waals surface area contributed by atoms with E-state index in [1.54, 1.807) is 6.92 Å². The van der Waals surface area contributed by atoms with Crippen molar-refractivity contribution >= 4 is 17.5 Å². The van der Waals surface area contributed by atoms with Crippen molar-refractivity contribution in [3.63, 3.8) is 0 Å². The smallest absolute Gasteiger partial charge is 0.404 e. The lowest BCUT2D eigenvalue weighted by molar-refractivity contribution is -0.384. The number of non-ortho nitro benzene ring substituents is 1. The zero-order chi connectivity index (χ0) is 14.1. The fraction of sp³-hybridized carbons (Fsp3) is 0.300. The average Bonchev–Trinajstić information content (AvgIpc) is 2.30. The van der Waals surface area contributed by atoms with Crippen molar-refractivity contribution in [2.75, 3.05) is 19.5 Å². The molecule has 0 bridgehead atoms. The van der Waals surface area contributed by atoms with Gasteiger partial charge in [0.2, 0.25) is 0 Å². The molecular formula is C10H15N3O5. The molecule has 0 aromatic heterocycles. The van der Waals surface area contributed by atoms with Crippen molar-refractivity contribution in [3.8, 4) is 5.75 Å². The number of carbonyl (C=O) groups is 1. The van der Waals surface area contributed by atoms with Crippen LogP contribution in [0.25, 0.3) is 0 Å². The van der Waals surface area contributed by atoms with Crippen LogP contribution in [0.3, 0.4) is 0 Å². The number of anilines is 1. The van der Waals surface area contributed by atoms with Gasteiger partial charge in [0.25, 0.3) is 5.69 Å². The summed E-state index contributed by atoms with van der Waals surface area (Å²) >= 11 is 0. The highest BCUT2D eigenvalue weighted by molar-refractivity contribution is 5.64. The van der Waals surface area contributed by atoms with Gasteiger partial charge in [0.1, 0.15) is 5.75 Å². The third kappa shape index (κ3) is 5.54. The Balaban J connectivity index is 0.000000411. The molecule has 0 heterocycles. The van der Waals surface area contributed by atoms with Crippen molar-refractivity contribution in [1.82, 2.24) is 0 Å². The number of benzene rings is 1. The fourth-order valence-corrected chi connectivity index (χ4v) is 0.956. The maximum absolute atomic E-state index is 10.3. The second-order valence-electron chi connectivity index (χ2n) is 2.94. The quantitative estimate of drug-likeness (QED) is 0.476. The molecule has 0 saturated heterocycles. The summed E-state index contributed by atoms with van der Waals surface area (Å²) in [5, 5.41) is 10.3. The Kier molecular flexibility index (Phi) is 6.64. The first-order valence-electron chi connectivity index (χ1n) is 4.92. The first kappa shape index (κ1) is 15.5. The number of primary amides is 1. The summed E-state index contributed by atoms with van der Waals surface area (Å²) in [4.78, 5) is 19.4. The number of nitrogens with two attached hydrogens (primary N) is 2. The molecule has 8 heteroatoms. The average molecular weight is 257 g/mol. The molecule has 0 aliphatic carbocycles. The van der Waals surface area contributed by atoms with Crippen LogP contribution in [0.1, 0.15) is 6.92 Å². The van der Waals surface area contributed by atoms with E-state index in [9.17, 15) is 14.9 Å². The number of hydrogen-bond donors (Lipinski definition) is 2. The van der Waals surface area contributed by atoms with Crippen LogP contribution < -0.4 is 16.2 Å². The zero-order valence-electron chi connectivity index (χ0n) is 10.1. The normalized spacial score (nSPS) is 8.78. The monoisotopic (exact) mass is 257 g/mol. The van der Waals surface area contributed by atoms with E-state index in [1.165, 1.54) is 25.3 Å². The van der Waals surface area contributed by atoms with Crippen LogP contribution in [0.2, 0.25) is 0 Å². The molecule has 1 rings (SSSR count). The molecule has 0 unspecified atom stereocenters. The molecule has 1 amide bonds. The molecule has 0 fully saturated rings. The van der Waals surface area contributed by atoms with Crippen LogP contribution in [0.5, 0.6) is 5.75 Å². The number of nitro groups is 1. The van der Waals surface area contributed by atoms with Gasteiger partial charge in [-0.05, 0) is 13.0 Å².